The Morgan fingerprint density at radius 3 is 2.18 bits per heavy atom. The minimum absolute atomic E-state index is 0.0678. The number of piperidine rings is 1. The average molecular weight is 717 g/mol. The van der Waals surface area contributed by atoms with Gasteiger partial charge in [0, 0.05) is 19.1 Å². The van der Waals surface area contributed by atoms with Crippen LogP contribution in [0.4, 0.5) is 9.59 Å². The van der Waals surface area contributed by atoms with E-state index in [0.29, 0.717) is 19.4 Å². The molecule has 3 fully saturated rings. The van der Waals surface area contributed by atoms with E-state index in [-0.39, 0.29) is 42.4 Å². The first-order chi connectivity index (χ1) is 23.8. The summed E-state index contributed by atoms with van der Waals surface area (Å²) in [6, 6.07) is -4.06. The molecular weight excluding hydrogens is 652 g/mol. The van der Waals surface area contributed by atoms with E-state index in [9.17, 15) is 28.8 Å². The van der Waals surface area contributed by atoms with E-state index in [2.05, 4.69) is 47.0 Å². The smallest absolute Gasteiger partial charge is 0.407 e. The van der Waals surface area contributed by atoms with Crippen molar-refractivity contribution in [1.29, 1.82) is 0 Å². The van der Waals surface area contributed by atoms with Gasteiger partial charge in [0.25, 0.3) is 5.91 Å². The Morgan fingerprint density at radius 2 is 1.61 bits per heavy atom. The molecule has 3 aliphatic rings. The number of hydrogen-bond acceptors (Lipinski definition) is 7. The third-order valence-corrected chi connectivity index (χ3v) is 11.2. The number of fused-ring (bicyclic) bond motifs is 1. The number of nitrogens with one attached hydrogen (secondary N) is 5. The number of urea groups is 1. The van der Waals surface area contributed by atoms with Gasteiger partial charge in [-0.15, -0.1) is 6.58 Å². The Bertz CT molecular complexity index is 1300. The normalized spacial score (nSPS) is 23.5. The fraction of sp³-hybridized carbons (Fsp3) is 0.789. The summed E-state index contributed by atoms with van der Waals surface area (Å²) in [5, 5.41) is 14.0. The van der Waals surface area contributed by atoms with Crippen LogP contribution in [0.3, 0.4) is 0 Å². The van der Waals surface area contributed by atoms with Crippen molar-refractivity contribution in [3.63, 3.8) is 0 Å². The number of nitrogens with zero attached hydrogens (tertiary/aromatic N) is 1. The number of unbranched alkanes of at least 4 members (excludes halogenated alkanes) is 1. The maximum absolute atomic E-state index is 14.8. The zero-order valence-corrected chi connectivity index (χ0v) is 32.4. The van der Waals surface area contributed by atoms with Gasteiger partial charge in [-0.05, 0) is 61.2 Å². The minimum Gasteiger partial charge on any atom is -0.447 e. The fourth-order valence-electron chi connectivity index (χ4n) is 7.78. The molecule has 1 aliphatic heterocycles. The van der Waals surface area contributed by atoms with Crippen LogP contribution < -0.4 is 26.6 Å². The Kier molecular flexibility index (Phi) is 14.1. The van der Waals surface area contributed by atoms with Gasteiger partial charge >= 0.3 is 12.1 Å². The van der Waals surface area contributed by atoms with Crippen molar-refractivity contribution in [2.24, 2.45) is 28.1 Å². The minimum atomic E-state index is -1.03. The molecule has 288 valence electrons. The Balaban J connectivity index is 1.88. The lowest BCUT2D eigenvalue weighted by molar-refractivity contribution is -0.146. The first-order valence-corrected chi connectivity index (χ1v) is 18.8. The number of hydrogen-bond donors (Lipinski definition) is 5. The molecule has 1 saturated heterocycles. The second kappa shape index (κ2) is 17.3. The summed E-state index contributed by atoms with van der Waals surface area (Å²) in [6.07, 6.45) is 6.87. The molecule has 0 radical (unpaired) electrons. The second-order valence-corrected chi connectivity index (χ2v) is 17.0. The number of carbonyl (C=O) groups is 6. The van der Waals surface area contributed by atoms with Crippen molar-refractivity contribution >= 4 is 35.6 Å². The summed E-state index contributed by atoms with van der Waals surface area (Å²) in [5.41, 5.74) is -1.24. The number of amides is 6. The zero-order chi connectivity index (χ0) is 38.3. The number of ether oxygens (including phenoxy) is 1. The number of Topliss-reactive ketones (excluding diaryl/α,β-unsaturated/α-hetero) is 1. The highest BCUT2D eigenvalue weighted by atomic mass is 16.5. The summed E-state index contributed by atoms with van der Waals surface area (Å²) in [6.45, 7) is 21.5. The lowest BCUT2D eigenvalue weighted by Crippen LogP contribution is -2.63. The maximum Gasteiger partial charge on any atom is 0.407 e. The van der Waals surface area contributed by atoms with E-state index in [1.54, 1.807) is 4.90 Å². The number of likely N-dealkylation sites (tertiary alicyclic amines) is 1. The molecule has 3 unspecified atom stereocenters. The van der Waals surface area contributed by atoms with Crippen molar-refractivity contribution in [2.75, 3.05) is 19.7 Å². The van der Waals surface area contributed by atoms with Crippen molar-refractivity contribution in [2.45, 2.75) is 144 Å². The molecule has 6 atom stereocenters. The van der Waals surface area contributed by atoms with Gasteiger partial charge in [0.1, 0.15) is 18.7 Å². The van der Waals surface area contributed by atoms with Gasteiger partial charge in [0.05, 0.1) is 12.1 Å². The summed E-state index contributed by atoms with van der Waals surface area (Å²) >= 11 is 0. The van der Waals surface area contributed by atoms with E-state index in [1.807, 2.05) is 48.5 Å². The van der Waals surface area contributed by atoms with Crippen LogP contribution in [0.1, 0.15) is 114 Å². The van der Waals surface area contributed by atoms with Crippen molar-refractivity contribution in [1.82, 2.24) is 31.5 Å². The van der Waals surface area contributed by atoms with Gasteiger partial charge in [-0.2, -0.15) is 0 Å². The first-order valence-electron chi connectivity index (χ1n) is 18.8. The lowest BCUT2D eigenvalue weighted by atomic mass is 9.70. The Morgan fingerprint density at radius 1 is 0.961 bits per heavy atom. The Labute approximate surface area is 304 Å². The van der Waals surface area contributed by atoms with Crippen LogP contribution in [0.15, 0.2) is 12.7 Å². The second-order valence-electron chi connectivity index (χ2n) is 17.0. The molecule has 51 heavy (non-hydrogen) atoms. The topological polar surface area (TPSA) is 175 Å². The molecule has 1 heterocycles. The van der Waals surface area contributed by atoms with Gasteiger partial charge < -0.3 is 36.2 Å². The van der Waals surface area contributed by atoms with E-state index < -0.39 is 64.7 Å². The quantitative estimate of drug-likeness (QED) is 0.118. The molecular formula is C38H64N6O7. The van der Waals surface area contributed by atoms with Crippen molar-refractivity contribution in [3.05, 3.63) is 12.7 Å². The highest BCUT2D eigenvalue weighted by Gasteiger charge is 2.70. The van der Waals surface area contributed by atoms with Gasteiger partial charge in [-0.3, -0.25) is 19.2 Å². The van der Waals surface area contributed by atoms with E-state index in [0.717, 1.165) is 38.5 Å². The predicted octanol–water partition coefficient (Wildman–Crippen LogP) is 4.20. The molecule has 0 aromatic heterocycles. The number of rotatable bonds is 16. The summed E-state index contributed by atoms with van der Waals surface area (Å²) in [7, 11) is 0. The molecule has 0 aromatic carbocycles. The third-order valence-electron chi connectivity index (χ3n) is 11.2. The SMILES string of the molecule is C=CCNC(=O)C(=O)C(CCCC)NC(=O)[C@@H]1C2C(CN1C(=O)[C@@H](NC(=O)N[C@H](COC(=O)NC(C)C)C(C)(C)C)C1(C)CCCCC1)C2(C)C. The molecule has 2 aliphatic carbocycles. The summed E-state index contributed by atoms with van der Waals surface area (Å²) < 4.78 is 5.43. The van der Waals surface area contributed by atoms with Gasteiger partial charge in [0.15, 0.2) is 0 Å². The molecule has 3 rings (SSSR count). The third kappa shape index (κ3) is 10.5. The van der Waals surface area contributed by atoms with E-state index in [1.165, 1.54) is 6.08 Å². The van der Waals surface area contributed by atoms with Crippen LogP contribution in [0.25, 0.3) is 0 Å². The summed E-state index contributed by atoms with van der Waals surface area (Å²) in [5.74, 6) is -2.38. The summed E-state index contributed by atoms with van der Waals surface area (Å²) in [4.78, 5) is 82.4. The lowest BCUT2D eigenvalue weighted by Gasteiger charge is -2.43. The van der Waals surface area contributed by atoms with Crippen LogP contribution in [0, 0.1) is 28.1 Å². The maximum atomic E-state index is 14.8. The standard InChI is InChI=1S/C38H64N6O7/c1-11-13-17-25(29(45)32(47)39-20-12-2)41-31(46)28-27-24(37(27,8)9)21-44(28)33(48)30(38(10)18-15-14-16-19-38)43-34(49)42-26(36(5,6)7)22-51-35(50)40-23(3)4/h12,23-28,30H,2,11,13-22H2,1,3-10H3,(H,39,47)(H,40,50)(H,41,46)(H2,42,43,49)/t24?,25?,26-,27?,28+,30-/m1/s1. The van der Waals surface area contributed by atoms with Crippen LogP contribution in [0.5, 0.6) is 0 Å². The van der Waals surface area contributed by atoms with E-state index >= 15 is 0 Å². The molecule has 2 saturated carbocycles. The van der Waals surface area contributed by atoms with Crippen LogP contribution >= 0.6 is 0 Å². The highest BCUT2D eigenvalue weighted by molar-refractivity contribution is 6.38. The molecule has 13 nitrogen and oxygen atoms in total. The molecule has 5 N–H and O–H groups in total. The van der Waals surface area contributed by atoms with E-state index in [4.69, 9.17) is 4.74 Å². The largest absolute Gasteiger partial charge is 0.447 e. The fourth-order valence-corrected chi connectivity index (χ4v) is 7.78. The van der Waals surface area contributed by atoms with Crippen LogP contribution in [-0.2, 0) is 23.9 Å². The Hall–Kier alpha value is -3.64. The van der Waals surface area contributed by atoms with Crippen molar-refractivity contribution in [3.8, 4) is 0 Å². The monoisotopic (exact) mass is 716 g/mol. The number of carbonyl (C=O) groups excluding carboxylic acids is 6. The molecule has 6 amide bonds. The van der Waals surface area contributed by atoms with Crippen molar-refractivity contribution < 1.29 is 33.5 Å². The van der Waals surface area contributed by atoms with Gasteiger partial charge in [-0.25, -0.2) is 9.59 Å². The predicted molar refractivity (Wildman–Crippen MR) is 195 cm³/mol. The van der Waals surface area contributed by atoms with Crippen LogP contribution in [0.2, 0.25) is 0 Å². The zero-order valence-electron chi connectivity index (χ0n) is 32.4. The average Bonchev–Trinajstić information content (AvgIpc) is 3.35. The highest BCUT2D eigenvalue weighted by Crippen LogP contribution is 2.65. The molecule has 0 bridgehead atoms. The van der Waals surface area contributed by atoms with Gasteiger partial charge in [0.2, 0.25) is 17.6 Å². The first kappa shape index (κ1) is 41.8. The molecule has 0 aromatic rings. The molecule has 13 heteroatoms. The molecule has 0 spiro atoms. The number of ketones is 1. The number of alkyl carbamates (subject to hydrolysis) is 1. The van der Waals surface area contributed by atoms with Gasteiger partial charge in [-0.1, -0.05) is 86.6 Å². The van der Waals surface area contributed by atoms with Crippen LogP contribution in [-0.4, -0.2) is 90.4 Å².